The number of hydrogen-bond donors (Lipinski definition) is 0. The molecule has 0 saturated heterocycles. The summed E-state index contributed by atoms with van der Waals surface area (Å²) >= 11 is 0. The lowest BCUT2D eigenvalue weighted by atomic mass is 10.1. The van der Waals surface area contributed by atoms with Crippen LogP contribution in [-0.4, -0.2) is 10.9 Å². The summed E-state index contributed by atoms with van der Waals surface area (Å²) in [6, 6.07) is 11.6. The maximum Gasteiger partial charge on any atom is 0.343 e. The van der Waals surface area contributed by atoms with Crippen LogP contribution in [0, 0.1) is 15.9 Å². The molecule has 6 heteroatoms. The molecule has 2 aromatic rings. The van der Waals surface area contributed by atoms with Gasteiger partial charge in [0.1, 0.15) is 11.6 Å². The summed E-state index contributed by atoms with van der Waals surface area (Å²) in [5.41, 5.74) is 0.946. The Bertz CT molecular complexity index is 853. The number of hydrogen-bond acceptors (Lipinski definition) is 4. The largest absolute Gasteiger partial charge is 0.422 e. The van der Waals surface area contributed by atoms with E-state index in [1.165, 1.54) is 42.5 Å². The maximum atomic E-state index is 12.9. The van der Waals surface area contributed by atoms with Gasteiger partial charge in [-0.05, 0) is 42.5 Å². The van der Waals surface area contributed by atoms with Gasteiger partial charge in [-0.1, -0.05) is 12.1 Å². The van der Waals surface area contributed by atoms with Crippen LogP contribution in [0.5, 0.6) is 0 Å². The Kier molecular flexibility index (Phi) is 3.72. The third kappa shape index (κ3) is 3.01. The summed E-state index contributed by atoms with van der Waals surface area (Å²) < 4.78 is 18.1. The zero-order chi connectivity index (χ0) is 16.4. The Morgan fingerprint density at radius 1 is 1.09 bits per heavy atom. The number of nitrogens with zero attached hydrogens (tertiary/aromatic N) is 1. The molecule has 0 unspecified atom stereocenters. The van der Waals surface area contributed by atoms with Gasteiger partial charge in [-0.25, -0.2) is 9.18 Å². The number of nitro groups is 1. The average Bonchev–Trinajstić information content (AvgIpc) is 2.89. The van der Waals surface area contributed by atoms with Crippen molar-refractivity contribution in [3.05, 3.63) is 87.2 Å². The highest BCUT2D eigenvalue weighted by atomic mass is 19.1. The van der Waals surface area contributed by atoms with Crippen molar-refractivity contribution in [2.75, 3.05) is 0 Å². The molecule has 0 amide bonds. The van der Waals surface area contributed by atoms with Crippen LogP contribution in [0.4, 0.5) is 10.1 Å². The summed E-state index contributed by atoms with van der Waals surface area (Å²) in [5, 5.41) is 11.0. The smallest absolute Gasteiger partial charge is 0.343 e. The number of halogens is 1. The fraction of sp³-hybridized carbons (Fsp3) is 0. The highest BCUT2D eigenvalue weighted by Gasteiger charge is 2.23. The first-order valence-corrected chi connectivity index (χ1v) is 6.69. The minimum Gasteiger partial charge on any atom is -0.422 e. The first-order chi connectivity index (χ1) is 11.0. The van der Waals surface area contributed by atoms with Crippen molar-refractivity contribution in [1.82, 2.24) is 0 Å². The molecule has 23 heavy (non-hydrogen) atoms. The van der Waals surface area contributed by atoms with E-state index in [9.17, 15) is 19.3 Å². The normalized spacial score (nSPS) is 15.4. The topological polar surface area (TPSA) is 69.4 Å². The molecule has 0 radical (unpaired) electrons. The number of esters is 1. The van der Waals surface area contributed by atoms with Crippen LogP contribution >= 0.6 is 0 Å². The number of ether oxygens (including phenoxy) is 1. The number of benzene rings is 2. The van der Waals surface area contributed by atoms with Gasteiger partial charge in [-0.3, -0.25) is 10.1 Å². The molecule has 0 spiro atoms. The van der Waals surface area contributed by atoms with Crippen molar-refractivity contribution >= 4 is 23.5 Å². The lowest BCUT2D eigenvalue weighted by molar-refractivity contribution is -0.385. The summed E-state index contributed by atoms with van der Waals surface area (Å²) in [5.74, 6) is -0.725. The fourth-order valence-electron chi connectivity index (χ4n) is 2.19. The number of rotatable bonds is 3. The molecule has 2 aromatic carbocycles. The molecule has 0 aliphatic carbocycles. The third-order valence-corrected chi connectivity index (χ3v) is 3.30. The molecule has 114 valence electrons. The van der Waals surface area contributed by atoms with Gasteiger partial charge in [0.15, 0.2) is 0 Å². The molecule has 0 saturated carbocycles. The van der Waals surface area contributed by atoms with Gasteiger partial charge in [-0.2, -0.15) is 0 Å². The molecule has 3 rings (SSSR count). The van der Waals surface area contributed by atoms with Crippen LogP contribution in [0.25, 0.3) is 11.8 Å². The second-order valence-electron chi connectivity index (χ2n) is 4.82. The number of carbonyl (C=O) groups is 1. The molecular weight excluding hydrogens is 301 g/mol. The average molecular weight is 311 g/mol. The van der Waals surface area contributed by atoms with Gasteiger partial charge >= 0.3 is 5.97 Å². The molecule has 0 bridgehead atoms. The van der Waals surface area contributed by atoms with Crippen molar-refractivity contribution in [2.24, 2.45) is 0 Å². The first kappa shape index (κ1) is 14.6. The number of carbonyl (C=O) groups excluding carboxylic acids is 1. The lowest BCUT2D eigenvalue weighted by Gasteiger charge is -2.00. The zero-order valence-electron chi connectivity index (χ0n) is 11.7. The molecular formula is C17H10FNO4. The SMILES string of the molecule is O=C1OC(c2ccc(F)cc2)=C/C1=C/c1ccccc1[N+](=O)[O-]. The number of para-hydroxylation sites is 1. The van der Waals surface area contributed by atoms with Crippen molar-refractivity contribution in [3.8, 4) is 0 Å². The fourth-order valence-corrected chi connectivity index (χ4v) is 2.19. The lowest BCUT2D eigenvalue weighted by Crippen LogP contribution is -1.98. The summed E-state index contributed by atoms with van der Waals surface area (Å²) in [7, 11) is 0. The van der Waals surface area contributed by atoms with E-state index in [0.717, 1.165) is 0 Å². The van der Waals surface area contributed by atoms with Crippen molar-refractivity contribution in [3.63, 3.8) is 0 Å². The van der Waals surface area contributed by atoms with Crippen molar-refractivity contribution in [2.45, 2.75) is 0 Å². The van der Waals surface area contributed by atoms with Crippen molar-refractivity contribution < 1.29 is 18.8 Å². The van der Waals surface area contributed by atoms with Crippen molar-refractivity contribution in [1.29, 1.82) is 0 Å². The predicted octanol–water partition coefficient (Wildman–Crippen LogP) is 3.72. The second-order valence-corrected chi connectivity index (χ2v) is 4.82. The quantitative estimate of drug-likeness (QED) is 0.375. The number of nitro benzene ring substituents is 1. The van der Waals surface area contributed by atoms with E-state index in [2.05, 4.69) is 0 Å². The Labute approximate surface area is 130 Å². The molecule has 0 N–H and O–H groups in total. The van der Waals surface area contributed by atoms with Gasteiger partial charge in [0.05, 0.1) is 16.1 Å². The van der Waals surface area contributed by atoms with E-state index in [-0.39, 0.29) is 17.0 Å². The van der Waals surface area contributed by atoms with Gasteiger partial charge in [0.25, 0.3) is 5.69 Å². The monoisotopic (exact) mass is 311 g/mol. The van der Waals surface area contributed by atoms with Gasteiger partial charge in [-0.15, -0.1) is 0 Å². The van der Waals surface area contributed by atoms with Crippen LogP contribution in [0.2, 0.25) is 0 Å². The zero-order valence-corrected chi connectivity index (χ0v) is 11.7. The van der Waals surface area contributed by atoms with Crippen LogP contribution in [0.3, 0.4) is 0 Å². The molecule has 0 atom stereocenters. The van der Waals surface area contributed by atoms with Crippen LogP contribution in [0.15, 0.2) is 60.2 Å². The minimum atomic E-state index is -0.609. The minimum absolute atomic E-state index is 0.101. The third-order valence-electron chi connectivity index (χ3n) is 3.30. The van der Waals surface area contributed by atoms with Gasteiger partial charge in [0.2, 0.25) is 0 Å². The van der Waals surface area contributed by atoms with E-state index in [1.807, 2.05) is 0 Å². The maximum absolute atomic E-state index is 12.9. The van der Waals surface area contributed by atoms with E-state index >= 15 is 0 Å². The Hall–Kier alpha value is -3.28. The summed E-state index contributed by atoms with van der Waals surface area (Å²) in [6.07, 6.45) is 2.88. The summed E-state index contributed by atoms with van der Waals surface area (Å²) in [4.78, 5) is 22.4. The van der Waals surface area contributed by atoms with Crippen LogP contribution in [-0.2, 0) is 9.53 Å². The van der Waals surface area contributed by atoms with E-state index in [1.54, 1.807) is 18.2 Å². The molecule has 1 heterocycles. The van der Waals surface area contributed by atoms with E-state index in [0.29, 0.717) is 11.1 Å². The van der Waals surface area contributed by atoms with E-state index < -0.39 is 16.7 Å². The molecule has 1 aliphatic rings. The standard InChI is InChI=1S/C17H10FNO4/c18-14-7-5-11(6-8-14)16-10-13(17(20)23-16)9-12-3-1-2-4-15(12)19(21)22/h1-10H/b13-9-. The molecule has 5 nitrogen and oxygen atoms in total. The number of cyclic esters (lactones) is 1. The molecule has 0 fully saturated rings. The first-order valence-electron chi connectivity index (χ1n) is 6.69. The van der Waals surface area contributed by atoms with Crippen LogP contribution < -0.4 is 0 Å². The summed E-state index contributed by atoms with van der Waals surface area (Å²) in [6.45, 7) is 0. The Morgan fingerprint density at radius 3 is 2.48 bits per heavy atom. The Balaban J connectivity index is 1.99. The molecule has 0 aromatic heterocycles. The predicted molar refractivity (Wildman–Crippen MR) is 81.5 cm³/mol. The Morgan fingerprint density at radius 2 is 1.78 bits per heavy atom. The highest BCUT2D eigenvalue weighted by molar-refractivity contribution is 6.05. The second kappa shape index (κ2) is 5.84. The van der Waals surface area contributed by atoms with E-state index in [4.69, 9.17) is 4.74 Å². The van der Waals surface area contributed by atoms with Crippen LogP contribution in [0.1, 0.15) is 11.1 Å². The van der Waals surface area contributed by atoms with Gasteiger partial charge < -0.3 is 4.74 Å². The molecule has 1 aliphatic heterocycles. The highest BCUT2D eigenvalue weighted by Crippen LogP contribution is 2.29. The van der Waals surface area contributed by atoms with Gasteiger partial charge in [0, 0.05) is 11.6 Å².